The van der Waals surface area contributed by atoms with Gasteiger partial charge in [-0.25, -0.2) is 0 Å². The van der Waals surface area contributed by atoms with Gasteiger partial charge < -0.3 is 10.5 Å². The van der Waals surface area contributed by atoms with Crippen LogP contribution in [0.3, 0.4) is 0 Å². The van der Waals surface area contributed by atoms with Gasteiger partial charge in [0.2, 0.25) is 0 Å². The zero-order chi connectivity index (χ0) is 10.5. The van der Waals surface area contributed by atoms with Gasteiger partial charge in [-0.1, -0.05) is 19.9 Å². The maximum absolute atomic E-state index is 5.77. The van der Waals surface area contributed by atoms with Crippen molar-refractivity contribution >= 4 is 0 Å². The van der Waals surface area contributed by atoms with Crippen LogP contribution in [0, 0.1) is 5.41 Å². The Morgan fingerprint density at radius 3 is 2.23 bits per heavy atom. The highest BCUT2D eigenvalue weighted by molar-refractivity contribution is 4.88. The highest BCUT2D eigenvalue weighted by Gasteiger charge is 2.21. The Kier molecular flexibility index (Phi) is 4.65. The lowest BCUT2D eigenvalue weighted by Gasteiger charge is -2.29. The fourth-order valence-electron chi connectivity index (χ4n) is 0.860. The first-order valence-electron chi connectivity index (χ1n) is 4.81. The summed E-state index contributed by atoms with van der Waals surface area (Å²) in [6.45, 7) is 13.5. The van der Waals surface area contributed by atoms with Crippen LogP contribution in [0.15, 0.2) is 12.7 Å². The van der Waals surface area contributed by atoms with Crippen molar-refractivity contribution in [2.75, 3.05) is 13.2 Å². The normalized spacial score (nSPS) is 13.0. The quantitative estimate of drug-likeness (QED) is 0.645. The molecule has 0 aromatic rings. The summed E-state index contributed by atoms with van der Waals surface area (Å²) >= 11 is 0. The van der Waals surface area contributed by atoms with Gasteiger partial charge in [-0.05, 0) is 26.8 Å². The van der Waals surface area contributed by atoms with E-state index in [1.54, 1.807) is 0 Å². The molecule has 78 valence electrons. The molecule has 0 aliphatic carbocycles. The summed E-state index contributed by atoms with van der Waals surface area (Å²) in [4.78, 5) is 0. The Bertz CT molecular complexity index is 161. The molecule has 0 bridgehead atoms. The molecule has 0 saturated heterocycles. The topological polar surface area (TPSA) is 35.2 Å². The monoisotopic (exact) mass is 185 g/mol. The molecule has 0 atom stereocenters. The Morgan fingerprint density at radius 2 is 1.85 bits per heavy atom. The highest BCUT2D eigenvalue weighted by atomic mass is 16.5. The molecule has 2 heteroatoms. The third-order valence-corrected chi connectivity index (χ3v) is 2.13. The van der Waals surface area contributed by atoms with Gasteiger partial charge in [0.1, 0.15) is 0 Å². The molecule has 0 fully saturated rings. The predicted molar refractivity (Wildman–Crippen MR) is 57.7 cm³/mol. The van der Waals surface area contributed by atoms with Crippen LogP contribution < -0.4 is 5.73 Å². The average molecular weight is 185 g/mol. The van der Waals surface area contributed by atoms with Crippen molar-refractivity contribution in [1.29, 1.82) is 0 Å². The average Bonchev–Trinajstić information content (AvgIpc) is 2.02. The van der Waals surface area contributed by atoms with E-state index in [1.807, 2.05) is 6.08 Å². The van der Waals surface area contributed by atoms with Crippen molar-refractivity contribution in [1.82, 2.24) is 0 Å². The van der Waals surface area contributed by atoms with Gasteiger partial charge in [0.05, 0.1) is 12.2 Å². The number of rotatable bonds is 6. The van der Waals surface area contributed by atoms with Gasteiger partial charge in [0.25, 0.3) is 0 Å². The van der Waals surface area contributed by atoms with Crippen LogP contribution in [0.1, 0.15) is 34.1 Å². The summed E-state index contributed by atoms with van der Waals surface area (Å²) in [5.41, 5.74) is 5.42. The molecule has 0 aliphatic heterocycles. The molecule has 0 unspecified atom stereocenters. The van der Waals surface area contributed by atoms with E-state index >= 15 is 0 Å². The molecule has 0 aromatic heterocycles. The van der Waals surface area contributed by atoms with Gasteiger partial charge in [-0.3, -0.25) is 0 Å². The van der Waals surface area contributed by atoms with Crippen LogP contribution in [0.5, 0.6) is 0 Å². The lowest BCUT2D eigenvalue weighted by atomic mass is 9.94. The molecule has 2 N–H and O–H groups in total. The molecule has 0 spiro atoms. The SMILES string of the molecule is C=CC(C)(C)COC(C)(C)CCN. The van der Waals surface area contributed by atoms with Crippen molar-refractivity contribution in [3.05, 3.63) is 12.7 Å². The number of hydrogen-bond donors (Lipinski definition) is 1. The van der Waals surface area contributed by atoms with E-state index < -0.39 is 0 Å². The Morgan fingerprint density at radius 1 is 1.31 bits per heavy atom. The van der Waals surface area contributed by atoms with Crippen LogP contribution in [-0.4, -0.2) is 18.8 Å². The van der Waals surface area contributed by atoms with Crippen LogP contribution in [0.2, 0.25) is 0 Å². The number of ether oxygens (including phenoxy) is 1. The van der Waals surface area contributed by atoms with E-state index in [-0.39, 0.29) is 11.0 Å². The van der Waals surface area contributed by atoms with Gasteiger partial charge in [0, 0.05) is 5.41 Å². The van der Waals surface area contributed by atoms with Gasteiger partial charge in [0.15, 0.2) is 0 Å². The lowest BCUT2D eigenvalue weighted by molar-refractivity contribution is -0.0475. The van der Waals surface area contributed by atoms with Gasteiger partial charge in [-0.2, -0.15) is 0 Å². The Labute approximate surface area is 82.2 Å². The first kappa shape index (κ1) is 12.7. The molecule has 0 radical (unpaired) electrons. The van der Waals surface area contributed by atoms with Gasteiger partial charge in [-0.15, -0.1) is 6.58 Å². The smallest absolute Gasteiger partial charge is 0.0638 e. The maximum atomic E-state index is 5.77. The van der Waals surface area contributed by atoms with Crippen molar-refractivity contribution in [2.24, 2.45) is 11.1 Å². The first-order chi connectivity index (χ1) is 5.83. The molecular formula is C11H23NO. The van der Waals surface area contributed by atoms with E-state index in [4.69, 9.17) is 10.5 Å². The number of hydrogen-bond acceptors (Lipinski definition) is 2. The van der Waals surface area contributed by atoms with E-state index in [1.165, 1.54) is 0 Å². The first-order valence-corrected chi connectivity index (χ1v) is 4.81. The highest BCUT2D eigenvalue weighted by Crippen LogP contribution is 2.22. The molecule has 0 rings (SSSR count). The van der Waals surface area contributed by atoms with E-state index in [2.05, 4.69) is 34.3 Å². The largest absolute Gasteiger partial charge is 0.375 e. The van der Waals surface area contributed by atoms with Crippen LogP contribution in [0.4, 0.5) is 0 Å². The minimum Gasteiger partial charge on any atom is -0.375 e. The zero-order valence-electron chi connectivity index (χ0n) is 9.39. The van der Waals surface area contributed by atoms with Crippen LogP contribution in [-0.2, 0) is 4.74 Å². The molecule has 0 aromatic carbocycles. The summed E-state index contributed by atoms with van der Waals surface area (Å²) in [7, 11) is 0. The van der Waals surface area contributed by atoms with E-state index in [9.17, 15) is 0 Å². The fourth-order valence-corrected chi connectivity index (χ4v) is 0.860. The second kappa shape index (κ2) is 4.77. The number of nitrogens with two attached hydrogens (primary N) is 1. The fraction of sp³-hybridized carbons (Fsp3) is 0.818. The van der Waals surface area contributed by atoms with Crippen LogP contribution >= 0.6 is 0 Å². The minimum absolute atomic E-state index is 0.0475. The maximum Gasteiger partial charge on any atom is 0.0638 e. The summed E-state index contributed by atoms with van der Waals surface area (Å²) in [5, 5.41) is 0. The predicted octanol–water partition coefficient (Wildman–Crippen LogP) is 2.34. The second-order valence-corrected chi connectivity index (χ2v) is 4.78. The third-order valence-electron chi connectivity index (χ3n) is 2.13. The molecule has 0 saturated carbocycles. The summed E-state index contributed by atoms with van der Waals surface area (Å²) in [5.74, 6) is 0. The summed E-state index contributed by atoms with van der Waals surface area (Å²) < 4.78 is 5.77. The minimum atomic E-state index is -0.116. The van der Waals surface area contributed by atoms with Crippen molar-refractivity contribution in [3.8, 4) is 0 Å². The lowest BCUT2D eigenvalue weighted by Crippen LogP contribution is -2.32. The summed E-state index contributed by atoms with van der Waals surface area (Å²) in [6.07, 6.45) is 2.81. The van der Waals surface area contributed by atoms with Crippen molar-refractivity contribution < 1.29 is 4.74 Å². The Balaban J connectivity index is 3.93. The Hall–Kier alpha value is -0.340. The third kappa shape index (κ3) is 5.83. The molecule has 2 nitrogen and oxygen atoms in total. The molecule has 0 aliphatic rings. The zero-order valence-corrected chi connectivity index (χ0v) is 9.39. The van der Waals surface area contributed by atoms with E-state index in [0.717, 1.165) is 6.42 Å². The molecular weight excluding hydrogens is 162 g/mol. The van der Waals surface area contributed by atoms with Crippen LogP contribution in [0.25, 0.3) is 0 Å². The molecule has 0 heterocycles. The van der Waals surface area contributed by atoms with Gasteiger partial charge >= 0.3 is 0 Å². The van der Waals surface area contributed by atoms with Crippen molar-refractivity contribution in [2.45, 2.75) is 39.7 Å². The molecule has 0 amide bonds. The van der Waals surface area contributed by atoms with E-state index in [0.29, 0.717) is 13.2 Å². The van der Waals surface area contributed by atoms with Crippen molar-refractivity contribution in [3.63, 3.8) is 0 Å². The summed E-state index contributed by atoms with van der Waals surface area (Å²) in [6, 6.07) is 0. The standard InChI is InChI=1S/C11H23NO/c1-6-10(2,3)9-13-11(4,5)7-8-12/h6H,1,7-9,12H2,2-5H3. The second-order valence-electron chi connectivity index (χ2n) is 4.78. The molecule has 13 heavy (non-hydrogen) atoms.